The lowest BCUT2D eigenvalue weighted by molar-refractivity contribution is -0.134. The number of likely N-dealkylation sites (tertiary alicyclic amines) is 1. The smallest absolute Gasteiger partial charge is 0.243 e. The normalized spacial score (nSPS) is 28.9. The monoisotopic (exact) mass is 288 g/mol. The fraction of sp³-hybridized carbons (Fsp3) is 0.923. The van der Waals surface area contributed by atoms with E-state index in [0.717, 1.165) is 38.5 Å². The number of carbonyl (C=O) groups is 1. The standard InChI is InChI=1S/C13H24N2O3S/c1-13(2,19(3,17)18)12(16)15-9-5-7-11(15)10-6-4-8-14-10/h10-11,14H,4-9H2,1-3H3. The maximum Gasteiger partial charge on any atom is 0.243 e. The van der Waals surface area contributed by atoms with E-state index in [2.05, 4.69) is 5.32 Å². The topological polar surface area (TPSA) is 66.5 Å². The second-order valence-electron chi connectivity index (χ2n) is 6.19. The van der Waals surface area contributed by atoms with E-state index >= 15 is 0 Å². The molecule has 0 radical (unpaired) electrons. The molecule has 6 heteroatoms. The highest BCUT2D eigenvalue weighted by atomic mass is 32.2. The Morgan fingerprint density at radius 1 is 1.26 bits per heavy atom. The number of amides is 1. The van der Waals surface area contributed by atoms with E-state index in [0.29, 0.717) is 12.6 Å². The highest BCUT2D eigenvalue weighted by Crippen LogP contribution is 2.29. The molecule has 2 fully saturated rings. The van der Waals surface area contributed by atoms with E-state index in [9.17, 15) is 13.2 Å². The van der Waals surface area contributed by atoms with Gasteiger partial charge >= 0.3 is 0 Å². The van der Waals surface area contributed by atoms with Crippen LogP contribution < -0.4 is 5.32 Å². The minimum atomic E-state index is -3.40. The fourth-order valence-corrected chi connectivity index (χ4v) is 3.44. The van der Waals surface area contributed by atoms with Crippen molar-refractivity contribution in [2.24, 2.45) is 0 Å². The average Bonchev–Trinajstić information content (AvgIpc) is 2.96. The first-order valence-corrected chi connectivity index (χ1v) is 8.88. The molecule has 19 heavy (non-hydrogen) atoms. The Morgan fingerprint density at radius 2 is 1.95 bits per heavy atom. The van der Waals surface area contributed by atoms with Gasteiger partial charge in [0.05, 0.1) is 0 Å². The van der Waals surface area contributed by atoms with Crippen molar-refractivity contribution >= 4 is 15.7 Å². The molecule has 0 aromatic carbocycles. The van der Waals surface area contributed by atoms with Gasteiger partial charge in [-0.15, -0.1) is 0 Å². The van der Waals surface area contributed by atoms with Crippen LogP contribution in [0, 0.1) is 0 Å². The summed E-state index contributed by atoms with van der Waals surface area (Å²) in [5, 5.41) is 3.43. The van der Waals surface area contributed by atoms with Gasteiger partial charge < -0.3 is 10.2 Å². The van der Waals surface area contributed by atoms with Crippen LogP contribution in [0.4, 0.5) is 0 Å². The zero-order valence-electron chi connectivity index (χ0n) is 12.0. The van der Waals surface area contributed by atoms with Crippen molar-refractivity contribution in [1.82, 2.24) is 10.2 Å². The number of hydrogen-bond acceptors (Lipinski definition) is 4. The zero-order chi connectivity index (χ0) is 14.3. The van der Waals surface area contributed by atoms with Gasteiger partial charge in [0.15, 0.2) is 9.84 Å². The summed E-state index contributed by atoms with van der Waals surface area (Å²) in [7, 11) is -3.40. The molecule has 2 atom stereocenters. The number of sulfone groups is 1. The Bertz CT molecular complexity index is 453. The van der Waals surface area contributed by atoms with Gasteiger partial charge in [0.2, 0.25) is 5.91 Å². The summed E-state index contributed by atoms with van der Waals surface area (Å²) in [6, 6.07) is 0.498. The largest absolute Gasteiger partial charge is 0.337 e. The van der Waals surface area contributed by atoms with Crippen LogP contribution in [0.3, 0.4) is 0 Å². The molecule has 0 aromatic heterocycles. The molecular formula is C13H24N2O3S. The van der Waals surface area contributed by atoms with Gasteiger partial charge in [-0.05, 0) is 46.1 Å². The first-order chi connectivity index (χ1) is 8.75. The third kappa shape index (κ3) is 2.65. The molecule has 0 bridgehead atoms. The van der Waals surface area contributed by atoms with Crippen molar-refractivity contribution in [2.75, 3.05) is 19.3 Å². The average molecular weight is 288 g/mol. The first-order valence-electron chi connectivity index (χ1n) is 6.99. The minimum absolute atomic E-state index is 0.163. The molecule has 2 rings (SSSR count). The molecule has 0 spiro atoms. The van der Waals surface area contributed by atoms with Crippen LogP contribution in [0.2, 0.25) is 0 Å². The van der Waals surface area contributed by atoms with Gasteiger partial charge in [0.25, 0.3) is 0 Å². The van der Waals surface area contributed by atoms with Gasteiger partial charge in [0, 0.05) is 24.9 Å². The lowest BCUT2D eigenvalue weighted by Crippen LogP contribution is -2.55. The Morgan fingerprint density at radius 3 is 2.47 bits per heavy atom. The SMILES string of the molecule is CC(C)(C(=O)N1CCCC1C1CCCN1)S(C)(=O)=O. The predicted molar refractivity (Wildman–Crippen MR) is 74.7 cm³/mol. The lowest BCUT2D eigenvalue weighted by atomic mass is 10.0. The number of hydrogen-bond donors (Lipinski definition) is 1. The van der Waals surface area contributed by atoms with Crippen LogP contribution in [-0.2, 0) is 14.6 Å². The fourth-order valence-electron chi connectivity index (χ4n) is 3.01. The van der Waals surface area contributed by atoms with Gasteiger partial charge in [-0.1, -0.05) is 0 Å². The van der Waals surface area contributed by atoms with E-state index < -0.39 is 14.6 Å². The van der Waals surface area contributed by atoms with Crippen molar-refractivity contribution in [1.29, 1.82) is 0 Å². The molecule has 2 aliphatic rings. The number of rotatable bonds is 3. The van der Waals surface area contributed by atoms with E-state index in [1.165, 1.54) is 13.8 Å². The summed E-state index contributed by atoms with van der Waals surface area (Å²) < 4.78 is 22.3. The van der Waals surface area contributed by atoms with Crippen molar-refractivity contribution in [2.45, 2.75) is 56.4 Å². The molecule has 2 aliphatic heterocycles. The van der Waals surface area contributed by atoms with Crippen LogP contribution in [0.25, 0.3) is 0 Å². The first kappa shape index (κ1) is 14.8. The lowest BCUT2D eigenvalue weighted by Gasteiger charge is -2.34. The van der Waals surface area contributed by atoms with Crippen molar-refractivity contribution in [3.8, 4) is 0 Å². The maximum atomic E-state index is 12.6. The second kappa shape index (κ2) is 5.05. The number of nitrogens with one attached hydrogen (secondary N) is 1. The summed E-state index contributed by atoms with van der Waals surface area (Å²) in [5.74, 6) is -0.244. The maximum absolute atomic E-state index is 12.6. The van der Waals surface area contributed by atoms with E-state index in [1.54, 1.807) is 4.90 Å². The van der Waals surface area contributed by atoms with Crippen molar-refractivity contribution in [3.05, 3.63) is 0 Å². The molecule has 0 aromatic rings. The third-order valence-corrected chi connectivity index (χ3v) is 6.59. The summed E-state index contributed by atoms with van der Waals surface area (Å²) in [6.07, 6.45) is 5.30. The summed E-state index contributed by atoms with van der Waals surface area (Å²) >= 11 is 0. The third-order valence-electron chi connectivity index (χ3n) is 4.57. The van der Waals surface area contributed by atoms with E-state index in [1.807, 2.05) is 0 Å². The Labute approximate surface area is 115 Å². The molecule has 2 heterocycles. The van der Waals surface area contributed by atoms with Crippen LogP contribution in [0.15, 0.2) is 0 Å². The van der Waals surface area contributed by atoms with Gasteiger partial charge in [-0.25, -0.2) is 8.42 Å². The molecule has 2 unspecified atom stereocenters. The number of nitrogens with zero attached hydrogens (tertiary/aromatic N) is 1. The van der Waals surface area contributed by atoms with E-state index in [-0.39, 0.29) is 11.9 Å². The van der Waals surface area contributed by atoms with Crippen LogP contribution >= 0.6 is 0 Å². The molecular weight excluding hydrogens is 264 g/mol. The molecule has 5 nitrogen and oxygen atoms in total. The summed E-state index contributed by atoms with van der Waals surface area (Å²) in [6.45, 7) is 4.71. The summed E-state index contributed by atoms with van der Waals surface area (Å²) in [4.78, 5) is 14.4. The quantitative estimate of drug-likeness (QED) is 0.824. The molecule has 1 N–H and O–H groups in total. The van der Waals surface area contributed by atoms with Crippen LogP contribution in [-0.4, -0.2) is 55.4 Å². The van der Waals surface area contributed by atoms with Gasteiger partial charge in [-0.3, -0.25) is 4.79 Å². The Balaban J connectivity index is 2.18. The van der Waals surface area contributed by atoms with Crippen molar-refractivity contribution in [3.63, 3.8) is 0 Å². The van der Waals surface area contributed by atoms with Gasteiger partial charge in [-0.2, -0.15) is 0 Å². The predicted octanol–water partition coefficient (Wildman–Crippen LogP) is 0.553. The Hall–Kier alpha value is -0.620. The number of carbonyl (C=O) groups excluding carboxylic acids is 1. The van der Waals surface area contributed by atoms with Gasteiger partial charge in [0.1, 0.15) is 4.75 Å². The molecule has 110 valence electrons. The molecule has 1 amide bonds. The van der Waals surface area contributed by atoms with Crippen molar-refractivity contribution < 1.29 is 13.2 Å². The minimum Gasteiger partial charge on any atom is -0.337 e. The molecule has 2 saturated heterocycles. The van der Waals surface area contributed by atoms with Crippen LogP contribution in [0.1, 0.15) is 39.5 Å². The second-order valence-corrected chi connectivity index (χ2v) is 8.76. The Kier molecular flexibility index (Phi) is 3.93. The van der Waals surface area contributed by atoms with E-state index in [4.69, 9.17) is 0 Å². The summed E-state index contributed by atoms with van der Waals surface area (Å²) in [5.41, 5.74) is 0. The zero-order valence-corrected chi connectivity index (χ0v) is 12.8. The van der Waals surface area contributed by atoms with Crippen LogP contribution in [0.5, 0.6) is 0 Å². The molecule has 0 aliphatic carbocycles. The highest BCUT2D eigenvalue weighted by Gasteiger charge is 2.46. The highest BCUT2D eigenvalue weighted by molar-refractivity contribution is 7.92. The molecule has 0 saturated carbocycles.